The van der Waals surface area contributed by atoms with Gasteiger partial charge in [0.2, 0.25) is 0 Å². The highest BCUT2D eigenvalue weighted by Gasteiger charge is 2.11. The number of rotatable bonds is 1. The standard InChI is InChI=1S/C7H5N3O2/c1-12-7(11)5-2-3-9-10-6(5)4-8/h2-3H,1H3. The molecule has 1 aromatic rings. The number of aromatic nitrogens is 2. The monoisotopic (exact) mass is 163 g/mol. The maximum atomic E-state index is 11.0. The molecular formula is C7H5N3O2. The van der Waals surface area contributed by atoms with Crippen molar-refractivity contribution in [3.8, 4) is 6.07 Å². The van der Waals surface area contributed by atoms with Crippen molar-refractivity contribution < 1.29 is 9.53 Å². The Morgan fingerprint density at radius 2 is 2.50 bits per heavy atom. The molecule has 0 amide bonds. The summed E-state index contributed by atoms with van der Waals surface area (Å²) in [5.74, 6) is -0.582. The lowest BCUT2D eigenvalue weighted by atomic mass is 10.2. The van der Waals surface area contributed by atoms with Crippen LogP contribution in [0.1, 0.15) is 16.1 Å². The molecule has 0 saturated carbocycles. The molecule has 12 heavy (non-hydrogen) atoms. The molecule has 1 heterocycles. The predicted octanol–water partition coefficient (Wildman–Crippen LogP) is 0.135. The van der Waals surface area contributed by atoms with Crippen LogP contribution in [0.3, 0.4) is 0 Å². The van der Waals surface area contributed by atoms with Gasteiger partial charge < -0.3 is 4.74 Å². The lowest BCUT2D eigenvalue weighted by Gasteiger charge is -1.97. The fraction of sp³-hybridized carbons (Fsp3) is 0.143. The van der Waals surface area contributed by atoms with Gasteiger partial charge in [-0.25, -0.2) is 4.79 Å². The minimum absolute atomic E-state index is 0.0237. The van der Waals surface area contributed by atoms with Crippen LogP contribution in [-0.4, -0.2) is 23.3 Å². The number of ether oxygens (including phenoxy) is 1. The van der Waals surface area contributed by atoms with E-state index >= 15 is 0 Å². The molecule has 0 N–H and O–H groups in total. The molecule has 0 bridgehead atoms. The highest BCUT2D eigenvalue weighted by Crippen LogP contribution is 2.03. The molecule has 5 nitrogen and oxygen atoms in total. The number of nitriles is 1. The maximum absolute atomic E-state index is 11.0. The number of hydrogen-bond donors (Lipinski definition) is 0. The molecule has 5 heteroatoms. The van der Waals surface area contributed by atoms with Crippen LogP contribution in [0.25, 0.3) is 0 Å². The van der Waals surface area contributed by atoms with Gasteiger partial charge in [0.05, 0.1) is 18.9 Å². The largest absolute Gasteiger partial charge is 0.465 e. The first-order valence-electron chi connectivity index (χ1n) is 3.09. The van der Waals surface area contributed by atoms with E-state index in [4.69, 9.17) is 5.26 Å². The van der Waals surface area contributed by atoms with E-state index in [1.54, 1.807) is 6.07 Å². The van der Waals surface area contributed by atoms with Gasteiger partial charge in [0.25, 0.3) is 0 Å². The minimum atomic E-state index is -0.582. The van der Waals surface area contributed by atoms with E-state index in [2.05, 4.69) is 14.9 Å². The van der Waals surface area contributed by atoms with Crippen LogP contribution in [0, 0.1) is 11.3 Å². The summed E-state index contributed by atoms with van der Waals surface area (Å²) >= 11 is 0. The Hall–Kier alpha value is -1.96. The van der Waals surface area contributed by atoms with Gasteiger partial charge in [0.15, 0.2) is 5.69 Å². The zero-order chi connectivity index (χ0) is 8.97. The topological polar surface area (TPSA) is 75.9 Å². The summed E-state index contributed by atoms with van der Waals surface area (Å²) in [4.78, 5) is 11.0. The van der Waals surface area contributed by atoms with Crippen molar-refractivity contribution in [1.82, 2.24) is 10.2 Å². The number of methoxy groups -OCH3 is 1. The molecule has 0 spiro atoms. The summed E-state index contributed by atoms with van der Waals surface area (Å²) in [6.07, 6.45) is 1.33. The van der Waals surface area contributed by atoms with E-state index in [1.165, 1.54) is 19.4 Å². The molecule has 0 unspecified atom stereocenters. The molecule has 0 fully saturated rings. The molecule has 0 aliphatic heterocycles. The molecule has 0 aliphatic carbocycles. The number of carbonyl (C=O) groups is 1. The fourth-order valence-corrected chi connectivity index (χ4v) is 0.689. The number of nitrogens with zero attached hydrogens (tertiary/aromatic N) is 3. The summed E-state index contributed by atoms with van der Waals surface area (Å²) in [5.41, 5.74) is 0.111. The molecule has 0 atom stereocenters. The Morgan fingerprint density at radius 1 is 1.75 bits per heavy atom. The summed E-state index contributed by atoms with van der Waals surface area (Å²) in [6, 6.07) is 3.12. The summed E-state index contributed by atoms with van der Waals surface area (Å²) in [6.45, 7) is 0. The van der Waals surface area contributed by atoms with Crippen molar-refractivity contribution in [3.05, 3.63) is 23.5 Å². The van der Waals surface area contributed by atoms with E-state index in [1.807, 2.05) is 0 Å². The molecular weight excluding hydrogens is 158 g/mol. The van der Waals surface area contributed by atoms with Crippen LogP contribution in [-0.2, 0) is 4.74 Å². The normalized spacial score (nSPS) is 8.67. The van der Waals surface area contributed by atoms with Gasteiger partial charge in [0, 0.05) is 0 Å². The van der Waals surface area contributed by atoms with Crippen LogP contribution in [0.2, 0.25) is 0 Å². The number of carbonyl (C=O) groups excluding carboxylic acids is 1. The van der Waals surface area contributed by atoms with Crippen LogP contribution >= 0.6 is 0 Å². The first-order valence-corrected chi connectivity index (χ1v) is 3.09. The average molecular weight is 163 g/mol. The van der Waals surface area contributed by atoms with Crippen molar-refractivity contribution in [1.29, 1.82) is 5.26 Å². The highest BCUT2D eigenvalue weighted by molar-refractivity contribution is 5.91. The Bertz CT molecular complexity index is 343. The van der Waals surface area contributed by atoms with Crippen LogP contribution < -0.4 is 0 Å². The van der Waals surface area contributed by atoms with Gasteiger partial charge in [-0.3, -0.25) is 0 Å². The lowest BCUT2D eigenvalue weighted by molar-refractivity contribution is 0.0599. The predicted molar refractivity (Wildman–Crippen MR) is 38.1 cm³/mol. The van der Waals surface area contributed by atoms with Gasteiger partial charge in [-0.2, -0.15) is 10.4 Å². The van der Waals surface area contributed by atoms with Gasteiger partial charge >= 0.3 is 5.97 Å². The van der Waals surface area contributed by atoms with Gasteiger partial charge in [-0.15, -0.1) is 5.10 Å². The van der Waals surface area contributed by atoms with Crippen LogP contribution in [0.15, 0.2) is 12.3 Å². The number of esters is 1. The third-order valence-corrected chi connectivity index (χ3v) is 1.23. The second kappa shape index (κ2) is 3.44. The second-order valence-corrected chi connectivity index (χ2v) is 1.90. The van der Waals surface area contributed by atoms with Crippen molar-refractivity contribution in [3.63, 3.8) is 0 Å². The first-order chi connectivity index (χ1) is 5.79. The number of hydrogen-bond acceptors (Lipinski definition) is 5. The zero-order valence-electron chi connectivity index (χ0n) is 6.31. The molecule has 0 radical (unpaired) electrons. The summed E-state index contributed by atoms with van der Waals surface area (Å²) in [5, 5.41) is 15.4. The van der Waals surface area contributed by atoms with E-state index in [0.29, 0.717) is 0 Å². The average Bonchev–Trinajstić information content (AvgIpc) is 2.16. The summed E-state index contributed by atoms with van der Waals surface area (Å²) in [7, 11) is 1.24. The Morgan fingerprint density at radius 3 is 3.08 bits per heavy atom. The third kappa shape index (κ3) is 1.37. The van der Waals surface area contributed by atoms with Gasteiger partial charge in [-0.05, 0) is 6.07 Å². The quantitative estimate of drug-likeness (QED) is 0.550. The molecule has 0 aliphatic rings. The molecule has 60 valence electrons. The molecule has 1 aromatic heterocycles. The van der Waals surface area contributed by atoms with Crippen molar-refractivity contribution in [2.75, 3.05) is 7.11 Å². The first kappa shape index (κ1) is 8.14. The van der Waals surface area contributed by atoms with E-state index in [9.17, 15) is 4.79 Å². The van der Waals surface area contributed by atoms with Crippen LogP contribution in [0.5, 0.6) is 0 Å². The van der Waals surface area contributed by atoms with Gasteiger partial charge in [-0.1, -0.05) is 0 Å². The Labute approximate surface area is 68.6 Å². The molecule has 0 saturated heterocycles. The fourth-order valence-electron chi connectivity index (χ4n) is 0.689. The molecule has 1 rings (SSSR count). The van der Waals surface area contributed by atoms with Crippen molar-refractivity contribution in [2.45, 2.75) is 0 Å². The van der Waals surface area contributed by atoms with Gasteiger partial charge in [0.1, 0.15) is 6.07 Å². The zero-order valence-corrected chi connectivity index (χ0v) is 6.31. The SMILES string of the molecule is COC(=O)c1ccnnc1C#N. The maximum Gasteiger partial charge on any atom is 0.340 e. The van der Waals surface area contributed by atoms with Crippen LogP contribution in [0.4, 0.5) is 0 Å². The van der Waals surface area contributed by atoms with Crippen molar-refractivity contribution >= 4 is 5.97 Å². The molecule has 0 aromatic carbocycles. The summed E-state index contributed by atoms with van der Waals surface area (Å²) < 4.78 is 4.42. The van der Waals surface area contributed by atoms with E-state index < -0.39 is 5.97 Å². The van der Waals surface area contributed by atoms with Crippen molar-refractivity contribution in [2.24, 2.45) is 0 Å². The Kier molecular flexibility index (Phi) is 2.33. The Balaban J connectivity index is 3.16. The second-order valence-electron chi connectivity index (χ2n) is 1.90. The lowest BCUT2D eigenvalue weighted by Crippen LogP contribution is -2.06. The minimum Gasteiger partial charge on any atom is -0.465 e. The van der Waals surface area contributed by atoms with E-state index in [0.717, 1.165) is 0 Å². The third-order valence-electron chi connectivity index (χ3n) is 1.23. The smallest absolute Gasteiger partial charge is 0.340 e. The highest BCUT2D eigenvalue weighted by atomic mass is 16.5. The van der Waals surface area contributed by atoms with E-state index in [-0.39, 0.29) is 11.3 Å².